The molecule has 1 aliphatic heterocycles. The zero-order chi connectivity index (χ0) is 11.1. The van der Waals surface area contributed by atoms with Crippen LogP contribution in [-0.4, -0.2) is 53.5 Å². The summed E-state index contributed by atoms with van der Waals surface area (Å²) in [7, 11) is 0. The molecule has 0 aromatic carbocycles. The van der Waals surface area contributed by atoms with Gasteiger partial charge < -0.3 is 20.4 Å². The van der Waals surface area contributed by atoms with Crippen LogP contribution in [0.25, 0.3) is 0 Å². The summed E-state index contributed by atoms with van der Waals surface area (Å²) in [6.07, 6.45) is 2.79. The fraction of sp³-hybridized carbons (Fsp3) is 0.900. The van der Waals surface area contributed by atoms with Gasteiger partial charge in [0.25, 0.3) is 0 Å². The zero-order valence-electron chi connectivity index (χ0n) is 8.98. The summed E-state index contributed by atoms with van der Waals surface area (Å²) in [6, 6.07) is 0.444. The number of carbonyl (C=O) groups is 1. The number of piperidine rings is 1. The predicted molar refractivity (Wildman–Crippen MR) is 56.9 cm³/mol. The van der Waals surface area contributed by atoms with Crippen molar-refractivity contribution >= 4 is 6.09 Å². The number of hydrogen-bond donors (Lipinski definition) is 3. The van der Waals surface area contributed by atoms with E-state index >= 15 is 0 Å². The van der Waals surface area contributed by atoms with Crippen molar-refractivity contribution < 1.29 is 15.0 Å². The maximum atomic E-state index is 10.6. The fourth-order valence-corrected chi connectivity index (χ4v) is 1.82. The van der Waals surface area contributed by atoms with Gasteiger partial charge in [-0.1, -0.05) is 0 Å². The number of rotatable bonds is 5. The van der Waals surface area contributed by atoms with E-state index in [4.69, 9.17) is 10.2 Å². The average Bonchev–Trinajstić information content (AvgIpc) is 2.25. The van der Waals surface area contributed by atoms with Crippen molar-refractivity contribution in [3.05, 3.63) is 0 Å². The second kappa shape index (κ2) is 6.63. The van der Waals surface area contributed by atoms with Crippen molar-refractivity contribution in [2.45, 2.75) is 31.7 Å². The smallest absolute Gasteiger partial charge is 0.407 e. The number of likely N-dealkylation sites (tertiary alicyclic amines) is 1. The van der Waals surface area contributed by atoms with Crippen molar-refractivity contribution in [1.29, 1.82) is 0 Å². The first-order valence-corrected chi connectivity index (χ1v) is 5.56. The molecule has 0 saturated carbocycles. The van der Waals surface area contributed by atoms with Gasteiger partial charge in [-0.15, -0.1) is 0 Å². The number of amides is 1. The molecule has 0 unspecified atom stereocenters. The Bertz CT molecular complexity index is 191. The first kappa shape index (κ1) is 12.3. The Morgan fingerprint density at radius 3 is 2.53 bits per heavy atom. The summed E-state index contributed by atoms with van der Waals surface area (Å²) in [5, 5.41) is 20.7. The number of nitrogens with one attached hydrogen (secondary N) is 1. The Labute approximate surface area is 90.1 Å². The van der Waals surface area contributed by atoms with Crippen molar-refractivity contribution in [3.63, 3.8) is 0 Å². The van der Waals surface area contributed by atoms with Gasteiger partial charge in [0.2, 0.25) is 0 Å². The van der Waals surface area contributed by atoms with Crippen LogP contribution >= 0.6 is 0 Å². The van der Waals surface area contributed by atoms with Crippen molar-refractivity contribution in [1.82, 2.24) is 10.2 Å². The number of unbranched alkanes of at least 4 members (excludes halogenated alkanes) is 1. The van der Waals surface area contributed by atoms with E-state index in [1.165, 1.54) is 4.90 Å². The van der Waals surface area contributed by atoms with Crippen LogP contribution in [0.1, 0.15) is 25.7 Å². The average molecular weight is 216 g/mol. The quantitative estimate of drug-likeness (QED) is 0.585. The molecule has 1 saturated heterocycles. The van der Waals surface area contributed by atoms with Crippen molar-refractivity contribution in [3.8, 4) is 0 Å². The van der Waals surface area contributed by atoms with Gasteiger partial charge >= 0.3 is 6.09 Å². The number of carboxylic acid groups (broad SMARTS) is 1. The van der Waals surface area contributed by atoms with Crippen molar-refractivity contribution in [2.75, 3.05) is 26.2 Å². The molecule has 88 valence electrons. The van der Waals surface area contributed by atoms with Crippen LogP contribution in [0, 0.1) is 0 Å². The first-order chi connectivity index (χ1) is 7.24. The van der Waals surface area contributed by atoms with E-state index in [2.05, 4.69) is 5.32 Å². The second-order valence-electron chi connectivity index (χ2n) is 3.93. The minimum Gasteiger partial charge on any atom is -0.465 e. The number of aliphatic hydroxyl groups excluding tert-OH is 1. The highest BCUT2D eigenvalue weighted by atomic mass is 16.4. The molecule has 0 spiro atoms. The van der Waals surface area contributed by atoms with Crippen LogP contribution in [0.3, 0.4) is 0 Å². The molecular formula is C10H20N2O3. The molecule has 0 radical (unpaired) electrons. The fourth-order valence-electron chi connectivity index (χ4n) is 1.82. The molecule has 1 amide bonds. The maximum Gasteiger partial charge on any atom is 0.407 e. The molecule has 1 fully saturated rings. The Balaban J connectivity index is 2.07. The van der Waals surface area contributed by atoms with Gasteiger partial charge in [-0.25, -0.2) is 4.79 Å². The molecule has 0 atom stereocenters. The third-order valence-electron chi connectivity index (χ3n) is 2.78. The minimum atomic E-state index is -0.811. The molecule has 0 aromatic heterocycles. The highest BCUT2D eigenvalue weighted by molar-refractivity contribution is 5.65. The minimum absolute atomic E-state index is 0.249. The van der Waals surface area contributed by atoms with Gasteiger partial charge in [-0.3, -0.25) is 0 Å². The summed E-state index contributed by atoms with van der Waals surface area (Å²) in [4.78, 5) is 12.1. The summed E-state index contributed by atoms with van der Waals surface area (Å²) in [5.41, 5.74) is 0. The molecule has 5 nitrogen and oxygen atoms in total. The van der Waals surface area contributed by atoms with E-state index in [9.17, 15) is 4.79 Å². The lowest BCUT2D eigenvalue weighted by Gasteiger charge is -2.30. The summed E-state index contributed by atoms with van der Waals surface area (Å²) in [6.45, 7) is 2.43. The SMILES string of the molecule is O=C(O)N1CCC(NCCCCO)CC1. The second-order valence-corrected chi connectivity index (χ2v) is 3.93. The normalized spacial score (nSPS) is 18.1. The van der Waals surface area contributed by atoms with Crippen LogP contribution < -0.4 is 5.32 Å². The van der Waals surface area contributed by atoms with Crippen LogP contribution in [-0.2, 0) is 0 Å². The van der Waals surface area contributed by atoms with E-state index < -0.39 is 6.09 Å². The Morgan fingerprint density at radius 1 is 1.33 bits per heavy atom. The largest absolute Gasteiger partial charge is 0.465 e. The molecule has 1 rings (SSSR count). The highest BCUT2D eigenvalue weighted by Crippen LogP contribution is 2.10. The number of nitrogens with zero attached hydrogens (tertiary/aromatic N) is 1. The van der Waals surface area contributed by atoms with Gasteiger partial charge in [-0.05, 0) is 32.2 Å². The molecule has 5 heteroatoms. The Kier molecular flexibility index (Phi) is 5.42. The number of hydrogen-bond acceptors (Lipinski definition) is 3. The lowest BCUT2D eigenvalue weighted by molar-refractivity contribution is 0.129. The summed E-state index contributed by atoms with van der Waals surface area (Å²) in [5.74, 6) is 0. The van der Waals surface area contributed by atoms with Crippen LogP contribution in [0.15, 0.2) is 0 Å². The molecular weight excluding hydrogens is 196 g/mol. The summed E-state index contributed by atoms with van der Waals surface area (Å²) >= 11 is 0. The van der Waals surface area contributed by atoms with E-state index in [-0.39, 0.29) is 6.61 Å². The third kappa shape index (κ3) is 4.48. The summed E-state index contributed by atoms with van der Waals surface area (Å²) < 4.78 is 0. The first-order valence-electron chi connectivity index (χ1n) is 5.56. The lowest BCUT2D eigenvalue weighted by atomic mass is 10.1. The topological polar surface area (TPSA) is 72.8 Å². The van der Waals surface area contributed by atoms with E-state index in [1.54, 1.807) is 0 Å². The Morgan fingerprint density at radius 2 is 2.00 bits per heavy atom. The van der Waals surface area contributed by atoms with Gasteiger partial charge in [0, 0.05) is 25.7 Å². The molecule has 0 bridgehead atoms. The van der Waals surface area contributed by atoms with Gasteiger partial charge in [0.1, 0.15) is 0 Å². The molecule has 1 heterocycles. The molecule has 0 aromatic rings. The van der Waals surface area contributed by atoms with Crippen LogP contribution in [0.5, 0.6) is 0 Å². The van der Waals surface area contributed by atoms with Gasteiger partial charge in [0.05, 0.1) is 0 Å². The molecule has 1 aliphatic rings. The van der Waals surface area contributed by atoms with Crippen molar-refractivity contribution in [2.24, 2.45) is 0 Å². The van der Waals surface area contributed by atoms with Gasteiger partial charge in [0.15, 0.2) is 0 Å². The Hall–Kier alpha value is -0.810. The third-order valence-corrected chi connectivity index (χ3v) is 2.78. The van der Waals surface area contributed by atoms with Gasteiger partial charge in [-0.2, -0.15) is 0 Å². The molecule has 0 aliphatic carbocycles. The standard InChI is InChI=1S/C10H20N2O3/c13-8-2-1-5-11-9-3-6-12(7-4-9)10(14)15/h9,11,13H,1-8H2,(H,14,15). The molecule has 15 heavy (non-hydrogen) atoms. The van der Waals surface area contributed by atoms with Crippen LogP contribution in [0.2, 0.25) is 0 Å². The lowest BCUT2D eigenvalue weighted by Crippen LogP contribution is -2.44. The maximum absolute atomic E-state index is 10.6. The number of aliphatic hydroxyl groups is 1. The highest BCUT2D eigenvalue weighted by Gasteiger charge is 2.21. The van der Waals surface area contributed by atoms with E-state index in [1.807, 2.05) is 0 Å². The predicted octanol–water partition coefficient (Wildman–Crippen LogP) is 0.491. The van der Waals surface area contributed by atoms with E-state index in [0.717, 1.165) is 32.2 Å². The molecule has 3 N–H and O–H groups in total. The van der Waals surface area contributed by atoms with Crippen LogP contribution in [0.4, 0.5) is 4.79 Å². The zero-order valence-corrected chi connectivity index (χ0v) is 8.98. The van der Waals surface area contributed by atoms with E-state index in [0.29, 0.717) is 19.1 Å². The monoisotopic (exact) mass is 216 g/mol.